The van der Waals surface area contributed by atoms with Crippen molar-refractivity contribution in [1.82, 2.24) is 15.2 Å². The van der Waals surface area contributed by atoms with E-state index in [2.05, 4.69) is 20.5 Å². The molecule has 2 N–H and O–H groups in total. The van der Waals surface area contributed by atoms with Crippen LogP contribution in [0, 0.1) is 15.9 Å². The van der Waals surface area contributed by atoms with Crippen LogP contribution in [0.25, 0.3) is 11.4 Å². The molecule has 0 saturated heterocycles. The molecule has 134 valence electrons. The maximum atomic E-state index is 13.8. The lowest BCUT2D eigenvalue weighted by Crippen LogP contribution is -2.04. The number of nitro benzene ring substituents is 1. The molecule has 2 aromatic carbocycles. The SMILES string of the molecule is COc1ccc(-c2n[nH]c(NCc3c(F)cccc3Cl)n2)cc1[N+](=O)[O-]. The highest BCUT2D eigenvalue weighted by Gasteiger charge is 2.18. The zero-order valence-corrected chi connectivity index (χ0v) is 14.2. The van der Waals surface area contributed by atoms with Crippen molar-refractivity contribution in [2.24, 2.45) is 0 Å². The molecule has 0 amide bonds. The third kappa shape index (κ3) is 3.57. The van der Waals surface area contributed by atoms with Gasteiger partial charge in [-0.05, 0) is 24.3 Å². The molecule has 8 nitrogen and oxygen atoms in total. The maximum absolute atomic E-state index is 13.8. The van der Waals surface area contributed by atoms with E-state index in [0.29, 0.717) is 16.1 Å². The van der Waals surface area contributed by atoms with Gasteiger partial charge in [-0.15, -0.1) is 0 Å². The number of anilines is 1. The molecular weight excluding hydrogens is 365 g/mol. The van der Waals surface area contributed by atoms with Crippen molar-refractivity contribution in [1.29, 1.82) is 0 Å². The van der Waals surface area contributed by atoms with Crippen molar-refractivity contribution in [2.75, 3.05) is 12.4 Å². The van der Waals surface area contributed by atoms with Gasteiger partial charge in [0.25, 0.3) is 0 Å². The second-order valence-corrected chi connectivity index (χ2v) is 5.61. The number of hydrogen-bond acceptors (Lipinski definition) is 6. The van der Waals surface area contributed by atoms with E-state index in [1.165, 1.54) is 31.4 Å². The molecule has 0 radical (unpaired) electrons. The number of benzene rings is 2. The Balaban J connectivity index is 1.80. The van der Waals surface area contributed by atoms with E-state index in [4.69, 9.17) is 16.3 Å². The van der Waals surface area contributed by atoms with Crippen LogP contribution in [0.15, 0.2) is 36.4 Å². The summed E-state index contributed by atoms with van der Waals surface area (Å²) in [6.07, 6.45) is 0. The molecule has 0 aliphatic rings. The van der Waals surface area contributed by atoms with E-state index in [9.17, 15) is 14.5 Å². The van der Waals surface area contributed by atoms with Crippen LogP contribution in [0.3, 0.4) is 0 Å². The molecule has 10 heteroatoms. The topological polar surface area (TPSA) is 106 Å². The Kier molecular flexibility index (Phi) is 4.99. The van der Waals surface area contributed by atoms with Crippen LogP contribution in [-0.2, 0) is 6.54 Å². The van der Waals surface area contributed by atoms with Crippen LogP contribution < -0.4 is 10.1 Å². The van der Waals surface area contributed by atoms with E-state index >= 15 is 0 Å². The number of H-pyrrole nitrogens is 1. The summed E-state index contributed by atoms with van der Waals surface area (Å²) in [5, 5.41) is 20.9. The number of ether oxygens (including phenoxy) is 1. The molecule has 1 heterocycles. The number of aromatic amines is 1. The third-order valence-corrected chi connectivity index (χ3v) is 3.97. The van der Waals surface area contributed by atoms with E-state index in [1.807, 2.05) is 0 Å². The number of rotatable bonds is 6. The Bertz CT molecular complexity index is 943. The Morgan fingerprint density at radius 3 is 2.88 bits per heavy atom. The normalized spacial score (nSPS) is 10.6. The molecule has 0 bridgehead atoms. The van der Waals surface area contributed by atoms with Gasteiger partial charge < -0.3 is 10.1 Å². The van der Waals surface area contributed by atoms with E-state index < -0.39 is 10.7 Å². The molecule has 3 aromatic rings. The largest absolute Gasteiger partial charge is 0.490 e. The van der Waals surface area contributed by atoms with Crippen molar-refractivity contribution in [3.63, 3.8) is 0 Å². The second kappa shape index (κ2) is 7.36. The van der Waals surface area contributed by atoms with E-state index in [-0.39, 0.29) is 29.8 Å². The predicted octanol–water partition coefficient (Wildman–Crippen LogP) is 3.79. The smallest absolute Gasteiger partial charge is 0.311 e. The fraction of sp³-hybridized carbons (Fsp3) is 0.125. The minimum atomic E-state index is -0.547. The van der Waals surface area contributed by atoms with Crippen LogP contribution in [0.5, 0.6) is 5.75 Å². The summed E-state index contributed by atoms with van der Waals surface area (Å²) in [5.41, 5.74) is 0.542. The lowest BCUT2D eigenvalue weighted by atomic mass is 10.2. The molecule has 0 unspecified atom stereocenters. The van der Waals surface area contributed by atoms with Gasteiger partial charge in [-0.25, -0.2) is 9.49 Å². The molecule has 3 rings (SSSR count). The Morgan fingerprint density at radius 1 is 1.38 bits per heavy atom. The van der Waals surface area contributed by atoms with Crippen LogP contribution >= 0.6 is 11.6 Å². The zero-order chi connectivity index (χ0) is 18.7. The van der Waals surface area contributed by atoms with Gasteiger partial charge in [0.2, 0.25) is 5.95 Å². The van der Waals surface area contributed by atoms with Crippen molar-refractivity contribution >= 4 is 23.2 Å². The first-order valence-electron chi connectivity index (χ1n) is 7.41. The van der Waals surface area contributed by atoms with Gasteiger partial charge in [0.15, 0.2) is 11.6 Å². The third-order valence-electron chi connectivity index (χ3n) is 3.61. The highest BCUT2D eigenvalue weighted by Crippen LogP contribution is 2.31. The van der Waals surface area contributed by atoms with E-state index in [0.717, 1.165) is 0 Å². The Labute approximate surface area is 152 Å². The molecule has 0 spiro atoms. The highest BCUT2D eigenvalue weighted by molar-refractivity contribution is 6.31. The lowest BCUT2D eigenvalue weighted by Gasteiger charge is -2.06. The van der Waals surface area contributed by atoms with Crippen LogP contribution in [-0.4, -0.2) is 27.2 Å². The van der Waals surface area contributed by atoms with Gasteiger partial charge in [-0.1, -0.05) is 17.7 Å². The summed E-state index contributed by atoms with van der Waals surface area (Å²) in [6.45, 7) is 0.100. The number of methoxy groups -OCH3 is 1. The van der Waals surface area contributed by atoms with Gasteiger partial charge in [0.05, 0.1) is 12.0 Å². The number of aromatic nitrogens is 3. The number of nitrogens with one attached hydrogen (secondary N) is 2. The number of hydrogen-bond donors (Lipinski definition) is 2. The highest BCUT2D eigenvalue weighted by atomic mass is 35.5. The molecule has 1 aromatic heterocycles. The monoisotopic (exact) mass is 377 g/mol. The number of nitro groups is 1. The lowest BCUT2D eigenvalue weighted by molar-refractivity contribution is -0.385. The Hall–Kier alpha value is -3.20. The minimum absolute atomic E-state index is 0.100. The number of nitrogens with zero attached hydrogens (tertiary/aromatic N) is 3. The minimum Gasteiger partial charge on any atom is -0.490 e. The average Bonchev–Trinajstić information content (AvgIpc) is 3.09. The summed E-state index contributed by atoms with van der Waals surface area (Å²) in [5.74, 6) is 0.230. The first kappa shape index (κ1) is 17.6. The van der Waals surface area contributed by atoms with E-state index in [1.54, 1.807) is 12.1 Å². The van der Waals surface area contributed by atoms with Gasteiger partial charge >= 0.3 is 5.69 Å². The van der Waals surface area contributed by atoms with Crippen LogP contribution in [0.4, 0.5) is 16.0 Å². The molecule has 0 aliphatic carbocycles. The molecule has 26 heavy (non-hydrogen) atoms. The van der Waals surface area contributed by atoms with Gasteiger partial charge in [-0.2, -0.15) is 10.1 Å². The summed E-state index contributed by atoms with van der Waals surface area (Å²) in [4.78, 5) is 14.8. The van der Waals surface area contributed by atoms with Crippen LogP contribution in [0.2, 0.25) is 5.02 Å². The van der Waals surface area contributed by atoms with Crippen molar-refractivity contribution in [3.05, 3.63) is 62.9 Å². The summed E-state index contributed by atoms with van der Waals surface area (Å²) in [7, 11) is 1.35. The maximum Gasteiger partial charge on any atom is 0.311 e. The Morgan fingerprint density at radius 2 is 2.19 bits per heavy atom. The molecule has 0 atom stereocenters. The molecule has 0 saturated carbocycles. The van der Waals surface area contributed by atoms with Gasteiger partial charge in [0, 0.05) is 28.8 Å². The summed E-state index contributed by atoms with van der Waals surface area (Å²) < 4.78 is 18.7. The predicted molar refractivity (Wildman–Crippen MR) is 93.8 cm³/mol. The molecule has 0 fully saturated rings. The first-order chi connectivity index (χ1) is 12.5. The average molecular weight is 378 g/mol. The fourth-order valence-electron chi connectivity index (χ4n) is 2.32. The molecular formula is C16H13ClFN5O3. The quantitative estimate of drug-likeness (QED) is 0.500. The number of halogens is 2. The van der Waals surface area contributed by atoms with Crippen molar-refractivity contribution < 1.29 is 14.1 Å². The van der Waals surface area contributed by atoms with Gasteiger partial charge in [-0.3, -0.25) is 10.1 Å². The second-order valence-electron chi connectivity index (χ2n) is 5.21. The van der Waals surface area contributed by atoms with Gasteiger partial charge in [0.1, 0.15) is 5.82 Å². The summed E-state index contributed by atoms with van der Waals surface area (Å²) >= 11 is 5.97. The van der Waals surface area contributed by atoms with Crippen molar-refractivity contribution in [3.8, 4) is 17.1 Å². The first-order valence-corrected chi connectivity index (χ1v) is 7.79. The summed E-state index contributed by atoms with van der Waals surface area (Å²) in [6, 6.07) is 8.81. The standard InChI is InChI=1S/C16H13ClFN5O3/c1-26-14-6-5-9(7-13(14)23(24)25)15-20-16(22-21-15)19-8-10-11(17)3-2-4-12(10)18/h2-7H,8H2,1H3,(H2,19,20,21,22). The fourth-order valence-corrected chi connectivity index (χ4v) is 2.54. The van der Waals surface area contributed by atoms with Crippen molar-refractivity contribution in [2.45, 2.75) is 6.54 Å². The molecule has 0 aliphatic heterocycles. The zero-order valence-electron chi connectivity index (χ0n) is 13.5. The van der Waals surface area contributed by atoms with Crippen LogP contribution in [0.1, 0.15) is 5.56 Å².